The van der Waals surface area contributed by atoms with Crippen molar-refractivity contribution >= 4 is 43.2 Å². The van der Waals surface area contributed by atoms with E-state index in [0.717, 1.165) is 20.6 Å². The minimum absolute atomic E-state index is 0.206. The molecule has 0 bridgehead atoms. The van der Waals surface area contributed by atoms with Crippen molar-refractivity contribution in [3.8, 4) is 0 Å². The van der Waals surface area contributed by atoms with Crippen molar-refractivity contribution < 1.29 is 17.9 Å². The van der Waals surface area contributed by atoms with E-state index in [2.05, 4.69) is 4.37 Å². The van der Waals surface area contributed by atoms with E-state index < -0.39 is 10.0 Å². The van der Waals surface area contributed by atoms with Gasteiger partial charge in [-0.3, -0.25) is 9.10 Å². The van der Waals surface area contributed by atoms with Gasteiger partial charge in [0.25, 0.3) is 0 Å². The van der Waals surface area contributed by atoms with E-state index in [4.69, 9.17) is 4.74 Å². The van der Waals surface area contributed by atoms with Gasteiger partial charge in [-0.15, -0.1) is 0 Å². The average molecular weight is 355 g/mol. The number of benzene rings is 1. The lowest BCUT2D eigenvalue weighted by Crippen LogP contribution is -2.47. The van der Waals surface area contributed by atoms with E-state index in [0.29, 0.717) is 32.0 Å². The second kappa shape index (κ2) is 6.42. The molecule has 1 aromatic carbocycles. The number of anilines is 1. The molecule has 0 unspecified atom stereocenters. The number of sulfonamides is 1. The second-order valence-electron chi connectivity index (χ2n) is 5.31. The zero-order chi connectivity index (χ0) is 16.4. The van der Waals surface area contributed by atoms with E-state index >= 15 is 0 Å². The number of hydrogen-bond acceptors (Lipinski definition) is 6. The van der Waals surface area contributed by atoms with E-state index in [-0.39, 0.29) is 12.5 Å². The van der Waals surface area contributed by atoms with E-state index in [1.54, 1.807) is 23.2 Å². The molecule has 0 saturated carbocycles. The van der Waals surface area contributed by atoms with E-state index in [9.17, 15) is 13.2 Å². The van der Waals surface area contributed by atoms with Gasteiger partial charge in [0.05, 0.1) is 29.9 Å². The van der Waals surface area contributed by atoms with Gasteiger partial charge < -0.3 is 9.64 Å². The summed E-state index contributed by atoms with van der Waals surface area (Å²) < 4.78 is 35.7. The van der Waals surface area contributed by atoms with Crippen LogP contribution in [0.2, 0.25) is 0 Å². The molecule has 2 heterocycles. The monoisotopic (exact) mass is 355 g/mol. The Morgan fingerprint density at radius 2 is 2.13 bits per heavy atom. The molecule has 1 aliphatic heterocycles. The molecule has 1 aliphatic rings. The van der Waals surface area contributed by atoms with Crippen LogP contribution in [-0.2, 0) is 19.6 Å². The number of ether oxygens (including phenoxy) is 1. The van der Waals surface area contributed by atoms with Gasteiger partial charge in [-0.2, -0.15) is 4.37 Å². The Kier molecular flexibility index (Phi) is 4.51. The molecular formula is C14H17N3O4S2. The first-order valence-electron chi connectivity index (χ1n) is 7.13. The number of nitrogens with zero attached hydrogens (tertiary/aromatic N) is 3. The first-order chi connectivity index (χ1) is 10.9. The van der Waals surface area contributed by atoms with Gasteiger partial charge in [-0.1, -0.05) is 0 Å². The summed E-state index contributed by atoms with van der Waals surface area (Å²) in [7, 11) is -3.57. The number of hydrogen-bond donors (Lipinski definition) is 0. The van der Waals surface area contributed by atoms with Crippen LogP contribution in [-0.4, -0.2) is 62.7 Å². The van der Waals surface area contributed by atoms with Gasteiger partial charge in [-0.25, -0.2) is 8.42 Å². The summed E-state index contributed by atoms with van der Waals surface area (Å²) in [5, 5.41) is 0.861. The van der Waals surface area contributed by atoms with Crippen LogP contribution in [0.4, 0.5) is 5.69 Å². The number of amides is 1. The van der Waals surface area contributed by atoms with Crippen molar-refractivity contribution in [3.05, 3.63) is 24.4 Å². The maximum atomic E-state index is 12.4. The molecule has 0 aliphatic carbocycles. The van der Waals surface area contributed by atoms with Crippen molar-refractivity contribution in [1.82, 2.24) is 9.27 Å². The zero-order valence-corrected chi connectivity index (χ0v) is 14.3. The first kappa shape index (κ1) is 16.2. The molecule has 3 rings (SSSR count). The molecule has 2 aromatic rings. The quantitative estimate of drug-likeness (QED) is 0.815. The predicted octanol–water partition coefficient (Wildman–Crippen LogP) is 0.921. The lowest BCUT2D eigenvalue weighted by molar-refractivity contribution is -0.133. The summed E-state index contributed by atoms with van der Waals surface area (Å²) in [5.74, 6) is -0.220. The molecule has 7 nitrogen and oxygen atoms in total. The molecule has 1 fully saturated rings. The molecule has 124 valence electrons. The second-order valence-corrected chi connectivity index (χ2v) is 8.05. The Labute approximate surface area is 138 Å². The molecule has 9 heteroatoms. The minimum atomic E-state index is -3.57. The van der Waals surface area contributed by atoms with Crippen molar-refractivity contribution in [2.24, 2.45) is 0 Å². The fraction of sp³-hybridized carbons (Fsp3) is 0.429. The van der Waals surface area contributed by atoms with Crippen LogP contribution in [0.3, 0.4) is 0 Å². The topological polar surface area (TPSA) is 79.8 Å². The molecule has 1 amide bonds. The van der Waals surface area contributed by atoms with Crippen molar-refractivity contribution in [2.75, 3.05) is 43.4 Å². The molecule has 0 radical (unpaired) electrons. The summed E-state index contributed by atoms with van der Waals surface area (Å²) >= 11 is 1.34. The zero-order valence-electron chi connectivity index (χ0n) is 12.6. The number of carbonyl (C=O) groups is 1. The van der Waals surface area contributed by atoms with Crippen molar-refractivity contribution in [1.29, 1.82) is 0 Å². The van der Waals surface area contributed by atoms with Crippen LogP contribution < -0.4 is 4.31 Å². The average Bonchev–Trinajstić information content (AvgIpc) is 2.99. The highest BCUT2D eigenvalue weighted by atomic mass is 32.2. The third-order valence-electron chi connectivity index (χ3n) is 3.67. The van der Waals surface area contributed by atoms with Crippen molar-refractivity contribution in [3.63, 3.8) is 0 Å². The Morgan fingerprint density at radius 3 is 2.83 bits per heavy atom. The van der Waals surface area contributed by atoms with Gasteiger partial charge >= 0.3 is 0 Å². The van der Waals surface area contributed by atoms with Crippen LogP contribution in [0.5, 0.6) is 0 Å². The van der Waals surface area contributed by atoms with Crippen LogP contribution in [0.1, 0.15) is 0 Å². The smallest absolute Gasteiger partial charge is 0.243 e. The highest BCUT2D eigenvalue weighted by Gasteiger charge is 2.25. The van der Waals surface area contributed by atoms with Crippen LogP contribution >= 0.6 is 11.5 Å². The fourth-order valence-corrected chi connectivity index (χ4v) is 3.92. The fourth-order valence-electron chi connectivity index (χ4n) is 2.45. The number of aromatic nitrogens is 1. The number of carbonyl (C=O) groups excluding carboxylic acids is 1. The Morgan fingerprint density at radius 1 is 1.39 bits per heavy atom. The maximum Gasteiger partial charge on any atom is 0.243 e. The predicted molar refractivity (Wildman–Crippen MR) is 89.2 cm³/mol. The normalized spacial score (nSPS) is 15.8. The standard InChI is InChI=1S/C14H17N3O4S2/c1-23(19,20)17(10-14(18)16-4-6-21-7-5-16)12-2-3-13-11(8-12)9-15-22-13/h2-3,8-9H,4-7,10H2,1H3. The largest absolute Gasteiger partial charge is 0.378 e. The van der Waals surface area contributed by atoms with E-state index in [1.807, 2.05) is 6.07 Å². The summed E-state index contributed by atoms with van der Waals surface area (Å²) in [4.78, 5) is 14.0. The molecule has 0 atom stereocenters. The number of fused-ring (bicyclic) bond motifs is 1. The SMILES string of the molecule is CS(=O)(=O)N(CC(=O)N1CCOCC1)c1ccc2sncc2c1. The Balaban J connectivity index is 1.87. The first-order valence-corrected chi connectivity index (χ1v) is 9.75. The molecule has 23 heavy (non-hydrogen) atoms. The Bertz CT molecular complexity index is 812. The van der Waals surface area contributed by atoms with Gasteiger partial charge in [0.1, 0.15) is 6.54 Å². The molecule has 0 N–H and O–H groups in total. The highest BCUT2D eigenvalue weighted by Crippen LogP contribution is 2.26. The van der Waals surface area contributed by atoms with E-state index in [1.165, 1.54) is 11.5 Å². The number of morpholine rings is 1. The molecular weight excluding hydrogens is 338 g/mol. The van der Waals surface area contributed by atoms with Crippen molar-refractivity contribution in [2.45, 2.75) is 0 Å². The van der Waals surface area contributed by atoms with Gasteiger partial charge in [0, 0.05) is 24.7 Å². The summed E-state index contributed by atoms with van der Waals surface area (Å²) in [6.07, 6.45) is 2.80. The van der Waals surface area contributed by atoms with Crippen LogP contribution in [0.25, 0.3) is 10.1 Å². The molecule has 1 aromatic heterocycles. The molecule has 1 saturated heterocycles. The lowest BCUT2D eigenvalue weighted by Gasteiger charge is -2.30. The van der Waals surface area contributed by atoms with Crippen LogP contribution in [0, 0.1) is 0 Å². The summed E-state index contributed by atoms with van der Waals surface area (Å²) in [6.45, 7) is 1.74. The summed E-state index contributed by atoms with van der Waals surface area (Å²) in [6, 6.07) is 5.26. The van der Waals surface area contributed by atoms with Gasteiger partial charge in [0.15, 0.2) is 0 Å². The Hall–Kier alpha value is -1.71. The number of rotatable bonds is 4. The lowest BCUT2D eigenvalue weighted by atomic mass is 10.2. The summed E-state index contributed by atoms with van der Waals surface area (Å²) in [5.41, 5.74) is 0.474. The third-order valence-corrected chi connectivity index (χ3v) is 5.59. The third kappa shape index (κ3) is 3.62. The highest BCUT2D eigenvalue weighted by molar-refractivity contribution is 7.92. The maximum absolute atomic E-state index is 12.4. The minimum Gasteiger partial charge on any atom is -0.378 e. The van der Waals surface area contributed by atoms with Crippen LogP contribution in [0.15, 0.2) is 24.4 Å². The van der Waals surface area contributed by atoms with Gasteiger partial charge in [-0.05, 0) is 29.7 Å². The molecule has 0 spiro atoms. The van der Waals surface area contributed by atoms with Gasteiger partial charge in [0.2, 0.25) is 15.9 Å².